The molecule has 1 aromatic rings. The van der Waals surface area contributed by atoms with E-state index < -0.39 is 0 Å². The standard InChI is InChI=1S/C15H26N2O/c1-3-16-13-14-7-9-15(10-8-14)17(2)11-5-4-6-12-18/h7-10,16,18H,3-6,11-13H2,1-2H3. The molecule has 0 radical (unpaired) electrons. The molecule has 102 valence electrons. The number of nitrogens with zero attached hydrogens (tertiary/aromatic N) is 1. The van der Waals surface area contributed by atoms with Gasteiger partial charge in [0.2, 0.25) is 0 Å². The number of aliphatic hydroxyl groups is 1. The van der Waals surface area contributed by atoms with Crippen LogP contribution >= 0.6 is 0 Å². The molecule has 0 atom stereocenters. The van der Waals surface area contributed by atoms with Crippen LogP contribution < -0.4 is 10.2 Å². The van der Waals surface area contributed by atoms with Crippen LogP contribution in [0.25, 0.3) is 0 Å². The van der Waals surface area contributed by atoms with Gasteiger partial charge in [-0.05, 0) is 43.5 Å². The van der Waals surface area contributed by atoms with Crippen LogP contribution in [-0.2, 0) is 6.54 Å². The van der Waals surface area contributed by atoms with E-state index in [0.717, 1.165) is 38.9 Å². The number of hydrogen-bond donors (Lipinski definition) is 2. The molecule has 0 spiro atoms. The van der Waals surface area contributed by atoms with Crippen molar-refractivity contribution in [2.45, 2.75) is 32.7 Å². The highest BCUT2D eigenvalue weighted by molar-refractivity contribution is 5.46. The molecular weight excluding hydrogens is 224 g/mol. The zero-order valence-electron chi connectivity index (χ0n) is 11.7. The Morgan fingerprint density at radius 2 is 1.83 bits per heavy atom. The normalized spacial score (nSPS) is 10.6. The summed E-state index contributed by atoms with van der Waals surface area (Å²) in [6, 6.07) is 8.72. The largest absolute Gasteiger partial charge is 0.396 e. The van der Waals surface area contributed by atoms with Crippen LogP contribution in [0.4, 0.5) is 5.69 Å². The lowest BCUT2D eigenvalue weighted by molar-refractivity contribution is 0.283. The van der Waals surface area contributed by atoms with E-state index in [1.165, 1.54) is 11.3 Å². The van der Waals surface area contributed by atoms with Gasteiger partial charge in [-0.3, -0.25) is 0 Å². The van der Waals surface area contributed by atoms with Crippen molar-refractivity contribution in [3.63, 3.8) is 0 Å². The van der Waals surface area contributed by atoms with Gasteiger partial charge in [0.25, 0.3) is 0 Å². The van der Waals surface area contributed by atoms with Gasteiger partial charge in [0.15, 0.2) is 0 Å². The fourth-order valence-corrected chi connectivity index (χ4v) is 1.90. The molecule has 0 aromatic heterocycles. The van der Waals surface area contributed by atoms with Crippen LogP contribution in [0.3, 0.4) is 0 Å². The van der Waals surface area contributed by atoms with Gasteiger partial charge >= 0.3 is 0 Å². The third-order valence-corrected chi connectivity index (χ3v) is 3.11. The maximum absolute atomic E-state index is 8.73. The average Bonchev–Trinajstić information content (AvgIpc) is 2.41. The molecule has 0 saturated carbocycles. The summed E-state index contributed by atoms with van der Waals surface area (Å²) in [7, 11) is 2.12. The molecule has 1 rings (SSSR count). The van der Waals surface area contributed by atoms with Gasteiger partial charge in [-0.25, -0.2) is 0 Å². The molecule has 3 heteroatoms. The minimum Gasteiger partial charge on any atom is -0.396 e. The van der Waals surface area contributed by atoms with Gasteiger partial charge in [-0.2, -0.15) is 0 Å². The fraction of sp³-hybridized carbons (Fsp3) is 0.600. The Labute approximate surface area is 111 Å². The second-order valence-electron chi connectivity index (χ2n) is 4.65. The van der Waals surface area contributed by atoms with Crippen molar-refractivity contribution < 1.29 is 5.11 Å². The second kappa shape index (κ2) is 8.95. The summed E-state index contributed by atoms with van der Waals surface area (Å²) >= 11 is 0. The summed E-state index contributed by atoms with van der Waals surface area (Å²) in [5.41, 5.74) is 2.59. The van der Waals surface area contributed by atoms with E-state index in [4.69, 9.17) is 5.11 Å². The summed E-state index contributed by atoms with van der Waals surface area (Å²) in [4.78, 5) is 2.27. The predicted molar refractivity (Wildman–Crippen MR) is 78.0 cm³/mol. The van der Waals surface area contributed by atoms with Crippen LogP contribution in [0.2, 0.25) is 0 Å². The van der Waals surface area contributed by atoms with Crippen molar-refractivity contribution in [3.05, 3.63) is 29.8 Å². The number of benzene rings is 1. The molecule has 0 unspecified atom stereocenters. The van der Waals surface area contributed by atoms with Gasteiger partial charge in [0.05, 0.1) is 0 Å². The number of hydrogen-bond acceptors (Lipinski definition) is 3. The number of aliphatic hydroxyl groups excluding tert-OH is 1. The number of anilines is 1. The molecular formula is C15H26N2O. The first-order valence-corrected chi connectivity index (χ1v) is 6.89. The van der Waals surface area contributed by atoms with Gasteiger partial charge in [0.1, 0.15) is 0 Å². The topological polar surface area (TPSA) is 35.5 Å². The van der Waals surface area contributed by atoms with Gasteiger partial charge in [-0.15, -0.1) is 0 Å². The van der Waals surface area contributed by atoms with Crippen LogP contribution in [-0.4, -0.2) is 31.9 Å². The lowest BCUT2D eigenvalue weighted by atomic mass is 10.2. The van der Waals surface area contributed by atoms with E-state index in [-0.39, 0.29) is 0 Å². The molecule has 3 nitrogen and oxygen atoms in total. The SMILES string of the molecule is CCNCc1ccc(N(C)CCCCCO)cc1. The third kappa shape index (κ3) is 5.52. The van der Waals surface area contributed by atoms with Crippen molar-refractivity contribution in [1.82, 2.24) is 5.32 Å². The Morgan fingerprint density at radius 3 is 2.44 bits per heavy atom. The van der Waals surface area contributed by atoms with E-state index in [1.54, 1.807) is 0 Å². The number of unbranched alkanes of at least 4 members (excludes halogenated alkanes) is 2. The molecule has 0 aliphatic rings. The maximum atomic E-state index is 8.73. The van der Waals surface area contributed by atoms with Crippen molar-refractivity contribution in [3.8, 4) is 0 Å². The zero-order valence-corrected chi connectivity index (χ0v) is 11.7. The maximum Gasteiger partial charge on any atom is 0.0431 e. The summed E-state index contributed by atoms with van der Waals surface area (Å²) in [5, 5.41) is 12.1. The highest BCUT2D eigenvalue weighted by Gasteiger charge is 2.00. The first kappa shape index (κ1) is 15.0. The van der Waals surface area contributed by atoms with Crippen LogP contribution in [0.15, 0.2) is 24.3 Å². The van der Waals surface area contributed by atoms with Crippen molar-refractivity contribution >= 4 is 5.69 Å². The van der Waals surface area contributed by atoms with E-state index in [2.05, 4.69) is 48.5 Å². The smallest absolute Gasteiger partial charge is 0.0431 e. The van der Waals surface area contributed by atoms with E-state index in [0.29, 0.717) is 6.61 Å². The summed E-state index contributed by atoms with van der Waals surface area (Å²) in [6.45, 7) is 5.42. The van der Waals surface area contributed by atoms with E-state index in [1.807, 2.05) is 0 Å². The molecule has 0 aliphatic heterocycles. The van der Waals surface area contributed by atoms with Gasteiger partial charge in [-0.1, -0.05) is 19.1 Å². The number of nitrogens with one attached hydrogen (secondary N) is 1. The molecule has 0 fully saturated rings. The van der Waals surface area contributed by atoms with E-state index >= 15 is 0 Å². The zero-order chi connectivity index (χ0) is 13.2. The highest BCUT2D eigenvalue weighted by atomic mass is 16.2. The second-order valence-corrected chi connectivity index (χ2v) is 4.65. The predicted octanol–water partition coefficient (Wildman–Crippen LogP) is 2.39. The van der Waals surface area contributed by atoms with Gasteiger partial charge in [0, 0.05) is 32.4 Å². The molecule has 0 saturated heterocycles. The Hall–Kier alpha value is -1.06. The number of rotatable bonds is 9. The molecule has 0 heterocycles. The van der Waals surface area contributed by atoms with Crippen LogP contribution in [0, 0.1) is 0 Å². The summed E-state index contributed by atoms with van der Waals surface area (Å²) < 4.78 is 0. The van der Waals surface area contributed by atoms with Crippen molar-refractivity contribution in [2.75, 3.05) is 31.6 Å². The van der Waals surface area contributed by atoms with Crippen LogP contribution in [0.5, 0.6) is 0 Å². The van der Waals surface area contributed by atoms with Crippen LogP contribution in [0.1, 0.15) is 31.7 Å². The highest BCUT2D eigenvalue weighted by Crippen LogP contribution is 2.14. The molecule has 18 heavy (non-hydrogen) atoms. The Kier molecular flexibility index (Phi) is 7.46. The minimum atomic E-state index is 0.308. The molecule has 2 N–H and O–H groups in total. The summed E-state index contributed by atoms with van der Waals surface area (Å²) in [6.07, 6.45) is 3.14. The lowest BCUT2D eigenvalue weighted by Crippen LogP contribution is -2.18. The Balaban J connectivity index is 2.36. The van der Waals surface area contributed by atoms with Crippen molar-refractivity contribution in [2.24, 2.45) is 0 Å². The quantitative estimate of drug-likeness (QED) is 0.661. The first-order valence-electron chi connectivity index (χ1n) is 6.89. The Bertz CT molecular complexity index is 311. The molecule has 0 bridgehead atoms. The monoisotopic (exact) mass is 250 g/mol. The molecule has 0 aliphatic carbocycles. The lowest BCUT2D eigenvalue weighted by Gasteiger charge is -2.19. The van der Waals surface area contributed by atoms with E-state index in [9.17, 15) is 0 Å². The van der Waals surface area contributed by atoms with Crippen molar-refractivity contribution in [1.29, 1.82) is 0 Å². The molecule has 1 aromatic carbocycles. The summed E-state index contributed by atoms with van der Waals surface area (Å²) in [5.74, 6) is 0. The average molecular weight is 250 g/mol. The minimum absolute atomic E-state index is 0.308. The Morgan fingerprint density at radius 1 is 1.11 bits per heavy atom. The third-order valence-electron chi connectivity index (χ3n) is 3.11. The van der Waals surface area contributed by atoms with Gasteiger partial charge < -0.3 is 15.3 Å². The molecule has 0 amide bonds. The fourth-order valence-electron chi connectivity index (χ4n) is 1.90. The first-order chi connectivity index (χ1) is 8.77.